The molecule has 0 aromatic carbocycles. The number of rotatable bonds is 6. The van der Waals surface area contributed by atoms with Crippen molar-refractivity contribution in [3.63, 3.8) is 0 Å². The minimum absolute atomic E-state index is 0.0445. The summed E-state index contributed by atoms with van der Waals surface area (Å²) in [6.45, 7) is 3.10. The molecule has 0 saturated carbocycles. The number of carbonyl (C=O) groups is 1. The van der Waals surface area contributed by atoms with Crippen LogP contribution in [0.3, 0.4) is 0 Å². The number of hydrogen-bond donors (Lipinski definition) is 1. The van der Waals surface area contributed by atoms with Crippen LogP contribution in [0, 0.1) is 0 Å². The lowest BCUT2D eigenvalue weighted by atomic mass is 10.3. The van der Waals surface area contributed by atoms with Gasteiger partial charge in [0.05, 0.1) is 6.61 Å². The van der Waals surface area contributed by atoms with Gasteiger partial charge in [0.2, 0.25) is 5.91 Å². The van der Waals surface area contributed by atoms with E-state index in [2.05, 4.69) is 10.1 Å². The van der Waals surface area contributed by atoms with Gasteiger partial charge in [0.25, 0.3) is 6.43 Å². The van der Waals surface area contributed by atoms with Crippen LogP contribution in [0.5, 0.6) is 0 Å². The van der Waals surface area contributed by atoms with Crippen molar-refractivity contribution >= 4 is 5.91 Å². The highest BCUT2D eigenvalue weighted by Gasteiger charge is 2.05. The first-order valence-corrected chi connectivity index (χ1v) is 4.17. The Labute approximate surface area is 76.4 Å². The van der Waals surface area contributed by atoms with Crippen LogP contribution in [0.2, 0.25) is 0 Å². The van der Waals surface area contributed by atoms with Gasteiger partial charge < -0.3 is 10.1 Å². The Kier molecular flexibility index (Phi) is 6.40. The first-order valence-electron chi connectivity index (χ1n) is 4.17. The molecule has 13 heavy (non-hydrogen) atoms. The summed E-state index contributed by atoms with van der Waals surface area (Å²) in [6.07, 6.45) is -2.33. The zero-order valence-electron chi connectivity index (χ0n) is 7.85. The van der Waals surface area contributed by atoms with E-state index in [1.54, 1.807) is 0 Å². The van der Waals surface area contributed by atoms with Crippen molar-refractivity contribution < 1.29 is 18.3 Å². The van der Waals surface area contributed by atoms with Gasteiger partial charge in [0.15, 0.2) is 0 Å². The van der Waals surface area contributed by atoms with Crippen LogP contribution < -0.4 is 5.32 Å². The van der Waals surface area contributed by atoms with Crippen LogP contribution in [0.1, 0.15) is 20.3 Å². The van der Waals surface area contributed by atoms with Gasteiger partial charge >= 0.3 is 0 Å². The number of ether oxygens (including phenoxy) is 1. The molecule has 0 aliphatic rings. The smallest absolute Gasteiger partial charge is 0.261 e. The lowest BCUT2D eigenvalue weighted by Crippen LogP contribution is -2.30. The minimum Gasteiger partial charge on any atom is -0.375 e. The summed E-state index contributed by atoms with van der Waals surface area (Å²) >= 11 is 0. The number of nitrogens with one attached hydrogen (secondary N) is 1. The summed E-state index contributed by atoms with van der Waals surface area (Å²) in [5, 5.41) is 2.62. The third-order valence-electron chi connectivity index (χ3n) is 1.17. The van der Waals surface area contributed by atoms with Gasteiger partial charge in [-0.05, 0) is 13.8 Å². The Morgan fingerprint density at radius 1 is 1.46 bits per heavy atom. The van der Waals surface area contributed by atoms with Crippen LogP contribution in [-0.4, -0.2) is 31.6 Å². The van der Waals surface area contributed by atoms with E-state index in [9.17, 15) is 13.6 Å². The van der Waals surface area contributed by atoms with Gasteiger partial charge in [-0.2, -0.15) is 0 Å². The fraction of sp³-hybridized carbons (Fsp3) is 0.875. The Hall–Kier alpha value is -0.710. The lowest BCUT2D eigenvalue weighted by molar-refractivity contribution is -0.123. The molecule has 0 bridgehead atoms. The maximum absolute atomic E-state index is 11.5. The highest BCUT2D eigenvalue weighted by molar-refractivity contribution is 5.76. The summed E-state index contributed by atoms with van der Waals surface area (Å²) < 4.78 is 27.6. The molecule has 0 heterocycles. The first kappa shape index (κ1) is 12.3. The molecule has 0 atom stereocenters. The fourth-order valence-corrected chi connectivity index (χ4v) is 0.731. The minimum atomic E-state index is -2.46. The highest BCUT2D eigenvalue weighted by atomic mass is 19.3. The van der Waals surface area contributed by atoms with Crippen LogP contribution in [0.4, 0.5) is 8.78 Å². The van der Waals surface area contributed by atoms with Crippen molar-refractivity contribution in [3.8, 4) is 0 Å². The summed E-state index contributed by atoms with van der Waals surface area (Å²) in [5.74, 6) is -0.177. The van der Waals surface area contributed by atoms with Gasteiger partial charge in [0.1, 0.15) is 6.61 Å². The van der Waals surface area contributed by atoms with Crippen molar-refractivity contribution in [3.05, 3.63) is 0 Å². The van der Waals surface area contributed by atoms with E-state index >= 15 is 0 Å². The molecule has 0 radical (unpaired) electrons. The fourth-order valence-electron chi connectivity index (χ4n) is 0.731. The topological polar surface area (TPSA) is 38.3 Å². The normalized spacial score (nSPS) is 10.9. The van der Waals surface area contributed by atoms with Crippen LogP contribution in [0.25, 0.3) is 0 Å². The Morgan fingerprint density at radius 2 is 2.08 bits per heavy atom. The van der Waals surface area contributed by atoms with Crippen LogP contribution in [0.15, 0.2) is 0 Å². The average Bonchev–Trinajstić information content (AvgIpc) is 1.96. The Bertz CT molecular complexity index is 151. The largest absolute Gasteiger partial charge is 0.375 e. The average molecular weight is 195 g/mol. The lowest BCUT2D eigenvalue weighted by Gasteiger charge is -2.08. The van der Waals surface area contributed by atoms with Crippen LogP contribution in [-0.2, 0) is 9.53 Å². The first-order chi connectivity index (χ1) is 6.02. The van der Waals surface area contributed by atoms with E-state index in [4.69, 9.17) is 0 Å². The van der Waals surface area contributed by atoms with E-state index in [1.165, 1.54) is 0 Å². The molecule has 0 aromatic rings. The molecule has 0 saturated heterocycles. The van der Waals surface area contributed by atoms with Crippen molar-refractivity contribution in [1.29, 1.82) is 0 Å². The van der Waals surface area contributed by atoms with Gasteiger partial charge in [-0.15, -0.1) is 0 Å². The maximum atomic E-state index is 11.5. The molecule has 0 aliphatic heterocycles. The molecular formula is C8H15F2NO2. The zero-order valence-corrected chi connectivity index (χ0v) is 7.85. The highest BCUT2D eigenvalue weighted by Crippen LogP contribution is 1.93. The van der Waals surface area contributed by atoms with Crippen LogP contribution >= 0.6 is 0 Å². The predicted octanol–water partition coefficient (Wildman–Crippen LogP) is 1.18. The summed E-state index contributed by atoms with van der Waals surface area (Å²) in [6, 6.07) is 0.0719. The number of hydrogen-bond acceptors (Lipinski definition) is 2. The van der Waals surface area contributed by atoms with Gasteiger partial charge in [-0.1, -0.05) is 0 Å². The molecule has 0 spiro atoms. The summed E-state index contributed by atoms with van der Waals surface area (Å²) in [5.41, 5.74) is 0. The van der Waals surface area contributed by atoms with E-state index in [-0.39, 0.29) is 25.0 Å². The van der Waals surface area contributed by atoms with E-state index < -0.39 is 13.0 Å². The molecule has 0 aromatic heterocycles. The Morgan fingerprint density at radius 3 is 2.54 bits per heavy atom. The predicted molar refractivity (Wildman–Crippen MR) is 44.7 cm³/mol. The molecule has 0 rings (SSSR count). The second-order valence-electron chi connectivity index (χ2n) is 2.94. The van der Waals surface area contributed by atoms with Gasteiger partial charge in [-0.25, -0.2) is 8.78 Å². The zero-order chi connectivity index (χ0) is 10.3. The third kappa shape index (κ3) is 9.20. The van der Waals surface area contributed by atoms with Crippen molar-refractivity contribution in [1.82, 2.24) is 5.32 Å². The van der Waals surface area contributed by atoms with Crippen molar-refractivity contribution in [2.75, 3.05) is 13.2 Å². The summed E-state index contributed by atoms with van der Waals surface area (Å²) in [7, 11) is 0. The Balaban J connectivity index is 3.27. The molecule has 78 valence electrons. The molecule has 0 fully saturated rings. The van der Waals surface area contributed by atoms with Gasteiger partial charge in [-0.3, -0.25) is 4.79 Å². The molecule has 1 amide bonds. The number of carbonyl (C=O) groups excluding carboxylic acids is 1. The van der Waals surface area contributed by atoms with Gasteiger partial charge in [0, 0.05) is 12.5 Å². The quantitative estimate of drug-likeness (QED) is 0.646. The number of halogens is 2. The monoisotopic (exact) mass is 195 g/mol. The third-order valence-corrected chi connectivity index (χ3v) is 1.17. The van der Waals surface area contributed by atoms with Crippen molar-refractivity contribution in [2.24, 2.45) is 0 Å². The maximum Gasteiger partial charge on any atom is 0.261 e. The van der Waals surface area contributed by atoms with E-state index in [0.29, 0.717) is 0 Å². The second kappa shape index (κ2) is 6.77. The van der Waals surface area contributed by atoms with Crippen molar-refractivity contribution in [2.45, 2.75) is 32.7 Å². The number of amides is 1. The molecule has 1 N–H and O–H groups in total. The second-order valence-corrected chi connectivity index (χ2v) is 2.94. The summed E-state index contributed by atoms with van der Waals surface area (Å²) in [4.78, 5) is 10.9. The molecule has 0 aliphatic carbocycles. The molecule has 0 unspecified atom stereocenters. The van der Waals surface area contributed by atoms with E-state index in [1.807, 2.05) is 13.8 Å². The molecular weight excluding hydrogens is 180 g/mol. The standard InChI is InChI=1S/C8H15F2NO2/c1-6(2)11-8(12)3-4-13-5-7(9)10/h6-7H,3-5H2,1-2H3,(H,11,12). The van der Waals surface area contributed by atoms with E-state index in [0.717, 1.165) is 0 Å². The molecule has 5 heteroatoms. The molecule has 3 nitrogen and oxygen atoms in total. The number of alkyl halides is 2. The SMILES string of the molecule is CC(C)NC(=O)CCOCC(F)F.